The molecule has 5 aromatic carbocycles. The summed E-state index contributed by atoms with van der Waals surface area (Å²) in [5.74, 6) is 0. The lowest BCUT2D eigenvalue weighted by Gasteiger charge is -2.13. The zero-order chi connectivity index (χ0) is 24.8. The third-order valence-corrected chi connectivity index (χ3v) is 7.55. The summed E-state index contributed by atoms with van der Waals surface area (Å²) in [5.41, 5.74) is 8.26. The van der Waals surface area contributed by atoms with E-state index in [0.717, 1.165) is 17.6 Å². The molecule has 0 fully saturated rings. The Balaban J connectivity index is 1.57. The summed E-state index contributed by atoms with van der Waals surface area (Å²) in [5, 5.41) is 6.14. The number of pyridine rings is 1. The van der Waals surface area contributed by atoms with Crippen molar-refractivity contribution < 1.29 is 0 Å². The standard InChI is InChI=1S/C35H28N2/c1-2-3-11-24-18-20-25(21-19-24)35-31-22-30-28-15-8-10-17-33(28)37(26-12-5-4-6-13-26)34(30)23-29(31)27-14-7-9-16-32(27)36-35/h4-10,12-23H,2-3,11H2,1H3. The zero-order valence-corrected chi connectivity index (χ0v) is 21.0. The number of nitrogens with zero attached hydrogens (tertiary/aromatic N) is 2. The molecule has 0 saturated carbocycles. The molecule has 0 aliphatic carbocycles. The summed E-state index contributed by atoms with van der Waals surface area (Å²) in [6, 6.07) is 41.7. The number of rotatable bonds is 5. The molecule has 2 aromatic heterocycles. The van der Waals surface area contributed by atoms with Gasteiger partial charge in [0.25, 0.3) is 0 Å². The predicted molar refractivity (Wildman–Crippen MR) is 158 cm³/mol. The summed E-state index contributed by atoms with van der Waals surface area (Å²) in [6.07, 6.45) is 3.56. The van der Waals surface area contributed by atoms with Gasteiger partial charge in [0.05, 0.1) is 22.2 Å². The van der Waals surface area contributed by atoms with E-state index in [1.807, 2.05) is 0 Å². The van der Waals surface area contributed by atoms with Crippen molar-refractivity contribution in [2.75, 3.05) is 0 Å². The van der Waals surface area contributed by atoms with E-state index in [-0.39, 0.29) is 0 Å². The number of aromatic nitrogens is 2. The second-order valence-corrected chi connectivity index (χ2v) is 9.88. The van der Waals surface area contributed by atoms with Crippen LogP contribution in [0.3, 0.4) is 0 Å². The van der Waals surface area contributed by atoms with E-state index in [9.17, 15) is 0 Å². The normalized spacial score (nSPS) is 11.7. The van der Waals surface area contributed by atoms with Crippen LogP contribution in [0.2, 0.25) is 0 Å². The van der Waals surface area contributed by atoms with Gasteiger partial charge in [-0.3, -0.25) is 0 Å². The molecular weight excluding hydrogens is 448 g/mol. The third kappa shape index (κ3) is 3.60. The Morgan fingerprint density at radius 3 is 2.14 bits per heavy atom. The SMILES string of the molecule is CCCCc1ccc(-c2nc3ccccc3c3cc4c(cc23)c2ccccc2n4-c2ccccc2)cc1. The van der Waals surface area contributed by atoms with Crippen molar-refractivity contribution in [2.45, 2.75) is 26.2 Å². The molecule has 37 heavy (non-hydrogen) atoms. The number of para-hydroxylation sites is 3. The van der Waals surface area contributed by atoms with Gasteiger partial charge in [0.1, 0.15) is 0 Å². The summed E-state index contributed by atoms with van der Waals surface area (Å²) in [7, 11) is 0. The summed E-state index contributed by atoms with van der Waals surface area (Å²) in [4.78, 5) is 5.21. The van der Waals surface area contributed by atoms with Gasteiger partial charge in [0.15, 0.2) is 0 Å². The van der Waals surface area contributed by atoms with Crippen molar-refractivity contribution in [3.8, 4) is 16.9 Å². The lowest BCUT2D eigenvalue weighted by atomic mass is 9.97. The van der Waals surface area contributed by atoms with Crippen LogP contribution in [0.5, 0.6) is 0 Å². The molecule has 2 heteroatoms. The third-order valence-electron chi connectivity index (χ3n) is 7.55. The van der Waals surface area contributed by atoms with Gasteiger partial charge in [0.2, 0.25) is 0 Å². The van der Waals surface area contributed by atoms with Crippen LogP contribution >= 0.6 is 0 Å². The Bertz CT molecular complexity index is 1890. The molecule has 0 N–H and O–H groups in total. The Morgan fingerprint density at radius 1 is 0.595 bits per heavy atom. The fourth-order valence-corrected chi connectivity index (χ4v) is 5.70. The van der Waals surface area contributed by atoms with Crippen LogP contribution in [-0.4, -0.2) is 9.55 Å². The quantitative estimate of drug-likeness (QED) is 0.226. The summed E-state index contributed by atoms with van der Waals surface area (Å²) >= 11 is 0. The van der Waals surface area contributed by atoms with E-state index in [2.05, 4.69) is 127 Å². The van der Waals surface area contributed by atoms with Gasteiger partial charge in [-0.15, -0.1) is 0 Å². The van der Waals surface area contributed by atoms with Crippen molar-refractivity contribution in [3.05, 3.63) is 121 Å². The maximum absolute atomic E-state index is 5.21. The van der Waals surface area contributed by atoms with Gasteiger partial charge >= 0.3 is 0 Å². The number of benzene rings is 5. The lowest BCUT2D eigenvalue weighted by molar-refractivity contribution is 0.795. The monoisotopic (exact) mass is 476 g/mol. The van der Waals surface area contributed by atoms with Crippen molar-refractivity contribution in [2.24, 2.45) is 0 Å². The van der Waals surface area contributed by atoms with E-state index in [4.69, 9.17) is 4.98 Å². The molecule has 0 spiro atoms. The molecule has 0 radical (unpaired) electrons. The van der Waals surface area contributed by atoms with E-state index < -0.39 is 0 Å². The highest BCUT2D eigenvalue weighted by Gasteiger charge is 2.17. The predicted octanol–water partition coefficient (Wildman–Crippen LogP) is 9.49. The molecule has 0 saturated heterocycles. The largest absolute Gasteiger partial charge is 0.309 e. The van der Waals surface area contributed by atoms with Gasteiger partial charge < -0.3 is 4.57 Å². The fraction of sp³-hybridized carbons (Fsp3) is 0.114. The minimum absolute atomic E-state index is 1.03. The first-order chi connectivity index (χ1) is 18.3. The summed E-state index contributed by atoms with van der Waals surface area (Å²) in [6.45, 7) is 2.25. The maximum Gasteiger partial charge on any atom is 0.0788 e. The van der Waals surface area contributed by atoms with Crippen molar-refractivity contribution in [1.29, 1.82) is 0 Å². The van der Waals surface area contributed by atoms with Gasteiger partial charge in [-0.1, -0.05) is 92.2 Å². The number of hydrogen-bond donors (Lipinski definition) is 0. The molecule has 178 valence electrons. The van der Waals surface area contributed by atoms with Crippen LogP contribution in [0.4, 0.5) is 0 Å². The average molecular weight is 477 g/mol. The molecular formula is C35H28N2. The van der Waals surface area contributed by atoms with Gasteiger partial charge in [-0.25, -0.2) is 4.98 Å². The zero-order valence-electron chi connectivity index (χ0n) is 21.0. The van der Waals surface area contributed by atoms with Crippen molar-refractivity contribution in [3.63, 3.8) is 0 Å². The van der Waals surface area contributed by atoms with Crippen LogP contribution in [0.15, 0.2) is 115 Å². The molecule has 0 atom stereocenters. The second kappa shape index (κ2) is 8.90. The smallest absolute Gasteiger partial charge is 0.0788 e. The first-order valence-corrected chi connectivity index (χ1v) is 13.2. The van der Waals surface area contributed by atoms with Crippen molar-refractivity contribution >= 4 is 43.5 Å². The Kier molecular flexibility index (Phi) is 5.25. The molecule has 0 amide bonds. The summed E-state index contributed by atoms with van der Waals surface area (Å²) < 4.78 is 2.39. The number of fused-ring (bicyclic) bond motifs is 6. The van der Waals surface area contributed by atoms with E-state index >= 15 is 0 Å². The molecule has 0 aliphatic heterocycles. The Morgan fingerprint density at radius 2 is 1.32 bits per heavy atom. The number of aryl methyl sites for hydroxylation is 1. The van der Waals surface area contributed by atoms with Gasteiger partial charge in [-0.05, 0) is 60.2 Å². The molecule has 2 heterocycles. The number of hydrogen-bond acceptors (Lipinski definition) is 1. The van der Waals surface area contributed by atoms with E-state index in [0.29, 0.717) is 0 Å². The van der Waals surface area contributed by atoms with Crippen LogP contribution in [0.25, 0.3) is 60.4 Å². The average Bonchev–Trinajstić information content (AvgIpc) is 3.29. The molecule has 2 nitrogen and oxygen atoms in total. The van der Waals surface area contributed by atoms with Crippen LogP contribution in [0, 0.1) is 0 Å². The maximum atomic E-state index is 5.21. The first-order valence-electron chi connectivity index (χ1n) is 13.2. The molecule has 0 aliphatic rings. The second-order valence-electron chi connectivity index (χ2n) is 9.88. The highest BCUT2D eigenvalue weighted by atomic mass is 15.0. The van der Waals surface area contributed by atoms with E-state index in [1.165, 1.54) is 67.6 Å². The minimum atomic E-state index is 1.03. The van der Waals surface area contributed by atoms with Crippen LogP contribution in [0.1, 0.15) is 25.3 Å². The van der Waals surface area contributed by atoms with Gasteiger partial charge in [-0.2, -0.15) is 0 Å². The molecule has 7 aromatic rings. The molecule has 0 bridgehead atoms. The number of unbranched alkanes of at least 4 members (excludes halogenated alkanes) is 1. The van der Waals surface area contributed by atoms with E-state index in [1.54, 1.807) is 0 Å². The minimum Gasteiger partial charge on any atom is -0.309 e. The first kappa shape index (κ1) is 21.8. The van der Waals surface area contributed by atoms with Gasteiger partial charge in [0, 0.05) is 32.8 Å². The highest BCUT2D eigenvalue weighted by Crippen LogP contribution is 2.39. The van der Waals surface area contributed by atoms with Crippen molar-refractivity contribution in [1.82, 2.24) is 9.55 Å². The van der Waals surface area contributed by atoms with Crippen LogP contribution < -0.4 is 0 Å². The molecule has 7 rings (SSSR count). The Hall–Kier alpha value is -4.43. The topological polar surface area (TPSA) is 17.8 Å². The lowest BCUT2D eigenvalue weighted by Crippen LogP contribution is -1.94. The Labute approximate surface area is 216 Å². The van der Waals surface area contributed by atoms with Crippen LogP contribution in [-0.2, 0) is 6.42 Å². The molecule has 0 unspecified atom stereocenters. The fourth-order valence-electron chi connectivity index (χ4n) is 5.70. The highest BCUT2D eigenvalue weighted by molar-refractivity contribution is 6.20.